The second-order valence-corrected chi connectivity index (χ2v) is 6.86. The Balaban J connectivity index is 1.84. The molecule has 1 fully saturated rings. The monoisotopic (exact) mass is 305 g/mol. The van der Waals surface area contributed by atoms with Crippen LogP contribution >= 0.6 is 0 Å². The fraction of sp³-hybridized carbons (Fsp3) is 0.316. The van der Waals surface area contributed by atoms with Gasteiger partial charge in [0.1, 0.15) is 5.52 Å². The zero-order valence-electron chi connectivity index (χ0n) is 13.1. The van der Waals surface area contributed by atoms with Gasteiger partial charge in [0.15, 0.2) is 0 Å². The molecule has 3 aromatic rings. The minimum atomic E-state index is -0.0359. The van der Waals surface area contributed by atoms with Gasteiger partial charge in [0.05, 0.1) is 0 Å². The molecule has 4 nitrogen and oxygen atoms in total. The molecule has 1 saturated carbocycles. The molecular formula is C19H19N3O. The van der Waals surface area contributed by atoms with Gasteiger partial charge in [0, 0.05) is 47.2 Å². The van der Waals surface area contributed by atoms with Gasteiger partial charge in [0.25, 0.3) is 5.56 Å². The average Bonchev–Trinajstić information content (AvgIpc) is 3.31. The Morgan fingerprint density at radius 3 is 2.91 bits per heavy atom. The van der Waals surface area contributed by atoms with Crippen molar-refractivity contribution in [1.29, 1.82) is 0 Å². The maximum Gasteiger partial charge on any atom is 0.272 e. The number of hydrogen-bond acceptors (Lipinski definition) is 2. The molecule has 0 atom stereocenters. The van der Waals surface area contributed by atoms with Crippen LogP contribution in [0.1, 0.15) is 24.1 Å². The zero-order chi connectivity index (χ0) is 15.6. The van der Waals surface area contributed by atoms with Gasteiger partial charge in [0.2, 0.25) is 0 Å². The molecule has 4 heteroatoms. The van der Waals surface area contributed by atoms with Crippen LogP contribution in [-0.4, -0.2) is 16.5 Å². The van der Waals surface area contributed by atoms with Crippen molar-refractivity contribution < 1.29 is 0 Å². The third-order valence-electron chi connectivity index (χ3n) is 5.16. The summed E-state index contributed by atoms with van der Waals surface area (Å²) in [5.74, 6) is 0.821. The van der Waals surface area contributed by atoms with E-state index in [4.69, 9.17) is 0 Å². The smallest absolute Gasteiger partial charge is 0.272 e. The van der Waals surface area contributed by atoms with Gasteiger partial charge < -0.3 is 14.9 Å². The van der Waals surface area contributed by atoms with Crippen LogP contribution in [0.15, 0.2) is 35.3 Å². The lowest BCUT2D eigenvalue weighted by molar-refractivity contribution is 0.725. The fourth-order valence-electron chi connectivity index (χ4n) is 3.90. The van der Waals surface area contributed by atoms with Crippen LogP contribution in [0.4, 0.5) is 5.69 Å². The number of para-hydroxylation sites is 1. The number of nitrogens with zero attached hydrogens (tertiary/aromatic N) is 1. The van der Waals surface area contributed by atoms with E-state index >= 15 is 0 Å². The van der Waals surface area contributed by atoms with E-state index in [1.807, 2.05) is 6.20 Å². The number of aromatic nitrogens is 2. The summed E-state index contributed by atoms with van der Waals surface area (Å²) in [7, 11) is 0. The molecule has 0 saturated heterocycles. The molecule has 0 spiro atoms. The minimum absolute atomic E-state index is 0.0359. The Bertz CT molecular complexity index is 978. The van der Waals surface area contributed by atoms with Crippen molar-refractivity contribution >= 4 is 16.6 Å². The Hall–Kier alpha value is -2.49. The number of aryl methyl sites for hydroxylation is 1. The Morgan fingerprint density at radius 2 is 2.09 bits per heavy atom. The maximum absolute atomic E-state index is 12.2. The molecule has 0 amide bonds. The van der Waals surface area contributed by atoms with Crippen molar-refractivity contribution in [2.45, 2.75) is 26.3 Å². The Labute approximate surface area is 134 Å². The lowest BCUT2D eigenvalue weighted by Gasteiger charge is -2.25. The van der Waals surface area contributed by atoms with E-state index in [1.54, 1.807) is 0 Å². The molecule has 2 N–H and O–H groups in total. The average molecular weight is 305 g/mol. The predicted octanol–water partition coefficient (Wildman–Crippen LogP) is 3.56. The third-order valence-corrected chi connectivity index (χ3v) is 5.16. The first-order valence-electron chi connectivity index (χ1n) is 8.29. The standard InChI is InChI=1S/C19H19N3O/c1-11-16-14-4-2-3-5-15(14)22(9-12-6-7-12)10-13-8-20-19(23)18(21-11)17(13)16/h2-5,8,12,21H,6-7,9-10H2,1H3,(H,20,23). The molecule has 3 heterocycles. The first-order valence-corrected chi connectivity index (χ1v) is 8.29. The normalized spacial score (nSPS) is 16.5. The van der Waals surface area contributed by atoms with Gasteiger partial charge in [-0.05, 0) is 37.3 Å². The van der Waals surface area contributed by atoms with Crippen LogP contribution in [-0.2, 0) is 6.54 Å². The Morgan fingerprint density at radius 1 is 1.26 bits per heavy atom. The van der Waals surface area contributed by atoms with Gasteiger partial charge in [-0.2, -0.15) is 0 Å². The van der Waals surface area contributed by atoms with Crippen molar-refractivity contribution in [1.82, 2.24) is 9.97 Å². The van der Waals surface area contributed by atoms with E-state index in [1.165, 1.54) is 35.2 Å². The van der Waals surface area contributed by atoms with Crippen LogP contribution in [0.25, 0.3) is 22.0 Å². The quantitative estimate of drug-likeness (QED) is 0.760. The summed E-state index contributed by atoms with van der Waals surface area (Å²) in [5.41, 5.74) is 6.65. The van der Waals surface area contributed by atoms with Gasteiger partial charge in [-0.25, -0.2) is 0 Å². The Kier molecular flexibility index (Phi) is 2.55. The van der Waals surface area contributed by atoms with Crippen LogP contribution in [0.5, 0.6) is 0 Å². The topological polar surface area (TPSA) is 51.9 Å². The van der Waals surface area contributed by atoms with Gasteiger partial charge >= 0.3 is 0 Å². The minimum Gasteiger partial charge on any atom is -0.366 e. The predicted molar refractivity (Wildman–Crippen MR) is 92.9 cm³/mol. The molecule has 2 aliphatic rings. The number of H-pyrrole nitrogens is 2. The molecule has 116 valence electrons. The summed E-state index contributed by atoms with van der Waals surface area (Å²) >= 11 is 0. The number of benzene rings is 1. The van der Waals surface area contributed by atoms with E-state index in [2.05, 4.69) is 46.1 Å². The lowest BCUT2D eigenvalue weighted by atomic mass is 10.00. The molecule has 1 aromatic carbocycles. The van der Waals surface area contributed by atoms with Crippen molar-refractivity contribution in [2.75, 3.05) is 11.4 Å². The summed E-state index contributed by atoms with van der Waals surface area (Å²) < 4.78 is 0. The SMILES string of the molecule is Cc1[nH]c2c(=O)[nH]cc3c2c1-c1ccccc1N(CC1CC1)C3. The summed E-state index contributed by atoms with van der Waals surface area (Å²) in [6.07, 6.45) is 4.57. The molecule has 0 radical (unpaired) electrons. The second kappa shape index (κ2) is 4.51. The van der Waals surface area contributed by atoms with Gasteiger partial charge in [-0.1, -0.05) is 18.2 Å². The number of rotatable bonds is 2. The zero-order valence-corrected chi connectivity index (χ0v) is 13.1. The van der Waals surface area contributed by atoms with Crippen LogP contribution in [0.3, 0.4) is 0 Å². The van der Waals surface area contributed by atoms with Crippen molar-refractivity contribution in [3.8, 4) is 11.1 Å². The molecule has 1 aliphatic carbocycles. The molecule has 0 unspecified atom stereocenters. The first-order chi connectivity index (χ1) is 11.2. The van der Waals surface area contributed by atoms with Crippen molar-refractivity contribution in [3.05, 3.63) is 52.1 Å². The van der Waals surface area contributed by atoms with E-state index in [0.29, 0.717) is 5.52 Å². The first kappa shape index (κ1) is 13.0. The lowest BCUT2D eigenvalue weighted by Crippen LogP contribution is -2.25. The van der Waals surface area contributed by atoms with E-state index in [9.17, 15) is 4.79 Å². The van der Waals surface area contributed by atoms with Gasteiger partial charge in [-0.15, -0.1) is 0 Å². The summed E-state index contributed by atoms with van der Waals surface area (Å²) in [4.78, 5) is 20.9. The number of aromatic amines is 2. The van der Waals surface area contributed by atoms with E-state index in [0.717, 1.165) is 30.1 Å². The molecule has 1 aliphatic heterocycles. The van der Waals surface area contributed by atoms with Crippen LogP contribution < -0.4 is 10.5 Å². The van der Waals surface area contributed by atoms with E-state index in [-0.39, 0.29) is 5.56 Å². The third kappa shape index (κ3) is 1.87. The highest BCUT2D eigenvalue weighted by Crippen LogP contribution is 2.43. The molecular weight excluding hydrogens is 286 g/mol. The van der Waals surface area contributed by atoms with Crippen molar-refractivity contribution in [3.63, 3.8) is 0 Å². The highest BCUT2D eigenvalue weighted by atomic mass is 16.1. The molecule has 2 aromatic heterocycles. The number of nitrogens with one attached hydrogen (secondary N) is 2. The number of fused-ring (bicyclic) bond motifs is 2. The van der Waals surface area contributed by atoms with Crippen LogP contribution in [0, 0.1) is 12.8 Å². The van der Waals surface area contributed by atoms with Crippen molar-refractivity contribution in [2.24, 2.45) is 5.92 Å². The number of hydrogen-bond donors (Lipinski definition) is 2. The summed E-state index contributed by atoms with van der Waals surface area (Å²) in [6.45, 7) is 4.02. The highest BCUT2D eigenvalue weighted by Gasteiger charge is 2.29. The second-order valence-electron chi connectivity index (χ2n) is 6.86. The molecule has 23 heavy (non-hydrogen) atoms. The summed E-state index contributed by atoms with van der Waals surface area (Å²) in [5, 5.41) is 1.09. The number of pyridine rings is 1. The molecule has 0 bridgehead atoms. The largest absolute Gasteiger partial charge is 0.366 e. The maximum atomic E-state index is 12.2. The van der Waals surface area contributed by atoms with Gasteiger partial charge in [-0.3, -0.25) is 4.79 Å². The van der Waals surface area contributed by atoms with Crippen LogP contribution in [0.2, 0.25) is 0 Å². The number of anilines is 1. The fourth-order valence-corrected chi connectivity index (χ4v) is 3.90. The molecule has 5 rings (SSSR count). The van der Waals surface area contributed by atoms with E-state index < -0.39 is 0 Å². The highest BCUT2D eigenvalue weighted by molar-refractivity contribution is 6.03. The summed E-state index contributed by atoms with van der Waals surface area (Å²) in [6, 6.07) is 8.59.